The van der Waals surface area contributed by atoms with E-state index in [0.29, 0.717) is 5.96 Å². The molecule has 1 aromatic carbocycles. The molecule has 0 aliphatic heterocycles. The lowest BCUT2D eigenvalue weighted by molar-refractivity contribution is -0.387. The molecule has 0 saturated carbocycles. The van der Waals surface area contributed by atoms with Crippen LogP contribution < -0.4 is 15.4 Å². The molecule has 98 valence electrons. The van der Waals surface area contributed by atoms with E-state index in [9.17, 15) is 14.5 Å². The molecule has 8 heteroatoms. The molecule has 2 N–H and O–H groups in total. The second-order valence-electron chi connectivity index (χ2n) is 3.21. The molecule has 0 saturated heterocycles. The molecule has 0 radical (unpaired) electrons. The maximum Gasteiger partial charge on any atom is 0.307 e. The Morgan fingerprint density at radius 1 is 1.56 bits per heavy atom. The van der Waals surface area contributed by atoms with Crippen molar-refractivity contribution >= 4 is 17.3 Å². The van der Waals surface area contributed by atoms with E-state index in [1.807, 2.05) is 0 Å². The number of hydrogen-bond acceptors (Lipinski definition) is 4. The molecular formula is C10H13FN4O3. The lowest BCUT2D eigenvalue weighted by Crippen LogP contribution is -2.27. The van der Waals surface area contributed by atoms with Crippen LogP contribution in [0.1, 0.15) is 0 Å². The van der Waals surface area contributed by atoms with Gasteiger partial charge in [-0.2, -0.15) is 4.39 Å². The van der Waals surface area contributed by atoms with Crippen molar-refractivity contribution in [1.82, 2.24) is 5.32 Å². The van der Waals surface area contributed by atoms with Crippen LogP contribution in [0.25, 0.3) is 0 Å². The number of nitrogens with zero attached hydrogens (tertiary/aromatic N) is 2. The Morgan fingerprint density at radius 2 is 2.22 bits per heavy atom. The zero-order valence-electron chi connectivity index (χ0n) is 10.2. The summed E-state index contributed by atoms with van der Waals surface area (Å²) in [6.07, 6.45) is 0. The third kappa shape index (κ3) is 2.84. The topological polar surface area (TPSA) is 88.8 Å². The normalized spacial score (nSPS) is 11.0. The maximum atomic E-state index is 13.4. The van der Waals surface area contributed by atoms with Gasteiger partial charge in [0.1, 0.15) is 5.75 Å². The van der Waals surface area contributed by atoms with Gasteiger partial charge in [0.05, 0.1) is 17.7 Å². The number of guanidine groups is 1. The summed E-state index contributed by atoms with van der Waals surface area (Å²) in [4.78, 5) is 13.7. The Hall–Kier alpha value is -2.38. The first-order valence-electron chi connectivity index (χ1n) is 4.97. The number of methoxy groups -OCH3 is 1. The van der Waals surface area contributed by atoms with Gasteiger partial charge in [0.2, 0.25) is 5.82 Å². The van der Waals surface area contributed by atoms with E-state index in [1.165, 1.54) is 14.2 Å². The second kappa shape index (κ2) is 5.80. The minimum absolute atomic E-state index is 0.148. The molecule has 0 heterocycles. The number of ether oxygens (including phenoxy) is 1. The van der Waals surface area contributed by atoms with Gasteiger partial charge in [-0.15, -0.1) is 0 Å². The van der Waals surface area contributed by atoms with Gasteiger partial charge in [-0.3, -0.25) is 15.1 Å². The van der Waals surface area contributed by atoms with Crippen molar-refractivity contribution in [2.24, 2.45) is 4.99 Å². The van der Waals surface area contributed by atoms with Crippen molar-refractivity contribution in [3.8, 4) is 5.75 Å². The first-order valence-corrected chi connectivity index (χ1v) is 4.97. The molecular weight excluding hydrogens is 243 g/mol. The van der Waals surface area contributed by atoms with Gasteiger partial charge in [0.25, 0.3) is 0 Å². The fraction of sp³-hybridized carbons (Fsp3) is 0.300. The first kappa shape index (κ1) is 13.7. The predicted octanol–water partition coefficient (Wildman–Crippen LogP) is 1.36. The highest BCUT2D eigenvalue weighted by molar-refractivity contribution is 5.95. The lowest BCUT2D eigenvalue weighted by atomic mass is 10.2. The van der Waals surface area contributed by atoms with E-state index >= 15 is 0 Å². The minimum Gasteiger partial charge on any atom is -0.494 e. The fourth-order valence-corrected chi connectivity index (χ4v) is 1.31. The summed E-state index contributed by atoms with van der Waals surface area (Å²) >= 11 is 0. The maximum absolute atomic E-state index is 13.4. The lowest BCUT2D eigenvalue weighted by Gasteiger charge is -2.12. The standard InChI is InChI=1S/C10H13FN4O3/c1-12-10(13-2)14-7-5-8(15(16)17)6(11)4-9(7)18-3/h4-5H,1-3H3,(H2,12,13,14). The second-order valence-corrected chi connectivity index (χ2v) is 3.21. The Labute approximate surface area is 103 Å². The summed E-state index contributed by atoms with van der Waals surface area (Å²) in [6.45, 7) is 0. The van der Waals surface area contributed by atoms with Crippen LogP contribution in [0.2, 0.25) is 0 Å². The van der Waals surface area contributed by atoms with Crippen LogP contribution in [0.15, 0.2) is 17.1 Å². The van der Waals surface area contributed by atoms with Gasteiger partial charge in [0.15, 0.2) is 5.96 Å². The highest BCUT2D eigenvalue weighted by atomic mass is 19.1. The van der Waals surface area contributed by atoms with Gasteiger partial charge in [-0.1, -0.05) is 0 Å². The molecule has 0 atom stereocenters. The van der Waals surface area contributed by atoms with Crippen LogP contribution in [0, 0.1) is 15.9 Å². The summed E-state index contributed by atoms with van der Waals surface area (Å²) in [6, 6.07) is 2.00. The smallest absolute Gasteiger partial charge is 0.307 e. The molecule has 0 unspecified atom stereocenters. The van der Waals surface area contributed by atoms with Gasteiger partial charge in [-0.05, 0) is 0 Å². The van der Waals surface area contributed by atoms with E-state index in [4.69, 9.17) is 4.74 Å². The number of nitro benzene ring substituents is 1. The van der Waals surface area contributed by atoms with Gasteiger partial charge in [-0.25, -0.2) is 0 Å². The van der Waals surface area contributed by atoms with E-state index in [2.05, 4.69) is 15.6 Å². The fourth-order valence-electron chi connectivity index (χ4n) is 1.31. The summed E-state index contributed by atoms with van der Waals surface area (Å²) in [5, 5.41) is 16.1. The number of nitro groups is 1. The molecule has 0 spiro atoms. The zero-order valence-corrected chi connectivity index (χ0v) is 10.2. The van der Waals surface area contributed by atoms with Gasteiger partial charge >= 0.3 is 5.69 Å². The van der Waals surface area contributed by atoms with Gasteiger partial charge < -0.3 is 15.4 Å². The molecule has 1 rings (SSSR count). The minimum atomic E-state index is -0.957. The number of anilines is 1. The van der Waals surface area contributed by atoms with Crippen molar-refractivity contribution < 1.29 is 14.1 Å². The van der Waals surface area contributed by atoms with Crippen LogP contribution >= 0.6 is 0 Å². The average molecular weight is 256 g/mol. The third-order valence-electron chi connectivity index (χ3n) is 2.18. The summed E-state index contributed by atoms with van der Waals surface area (Å²) < 4.78 is 18.3. The number of aliphatic imine (C=N–C) groups is 1. The Kier molecular flexibility index (Phi) is 4.41. The number of rotatable bonds is 3. The van der Waals surface area contributed by atoms with E-state index < -0.39 is 16.4 Å². The quantitative estimate of drug-likeness (QED) is 0.369. The third-order valence-corrected chi connectivity index (χ3v) is 2.18. The van der Waals surface area contributed by atoms with Crippen molar-refractivity contribution in [3.05, 3.63) is 28.1 Å². The van der Waals surface area contributed by atoms with E-state index in [0.717, 1.165) is 12.1 Å². The van der Waals surface area contributed by atoms with Crippen LogP contribution in [0.3, 0.4) is 0 Å². The number of benzene rings is 1. The molecule has 0 fully saturated rings. The van der Waals surface area contributed by atoms with Crippen LogP contribution in [0.5, 0.6) is 5.75 Å². The molecule has 0 aliphatic carbocycles. The van der Waals surface area contributed by atoms with E-state index in [1.54, 1.807) is 7.05 Å². The number of halogens is 1. The van der Waals surface area contributed by atoms with Crippen molar-refractivity contribution in [1.29, 1.82) is 0 Å². The molecule has 0 amide bonds. The molecule has 1 aromatic rings. The monoisotopic (exact) mass is 256 g/mol. The summed E-state index contributed by atoms with van der Waals surface area (Å²) in [7, 11) is 4.50. The molecule has 18 heavy (non-hydrogen) atoms. The highest BCUT2D eigenvalue weighted by Gasteiger charge is 2.19. The molecule has 0 aromatic heterocycles. The Bertz CT molecular complexity index is 490. The van der Waals surface area contributed by atoms with E-state index in [-0.39, 0.29) is 11.4 Å². The molecule has 0 aliphatic rings. The Balaban J connectivity index is 3.23. The highest BCUT2D eigenvalue weighted by Crippen LogP contribution is 2.31. The SMILES string of the molecule is C/N=C(\NC)Nc1cc([N+](=O)[O-])c(F)cc1OC. The first-order chi connectivity index (χ1) is 8.53. The number of nitrogens with one attached hydrogen (secondary N) is 2. The largest absolute Gasteiger partial charge is 0.494 e. The number of hydrogen-bond donors (Lipinski definition) is 2. The zero-order chi connectivity index (χ0) is 13.7. The summed E-state index contributed by atoms with van der Waals surface area (Å²) in [5.74, 6) is -0.439. The molecule has 7 nitrogen and oxygen atoms in total. The van der Waals surface area contributed by atoms with Crippen LogP contribution in [0.4, 0.5) is 15.8 Å². The molecule has 0 bridgehead atoms. The van der Waals surface area contributed by atoms with Crippen molar-refractivity contribution in [2.75, 3.05) is 26.5 Å². The average Bonchev–Trinajstić information content (AvgIpc) is 2.36. The van der Waals surface area contributed by atoms with Crippen LogP contribution in [-0.4, -0.2) is 32.1 Å². The Morgan fingerprint density at radius 3 is 2.67 bits per heavy atom. The van der Waals surface area contributed by atoms with Crippen molar-refractivity contribution in [3.63, 3.8) is 0 Å². The van der Waals surface area contributed by atoms with Crippen LogP contribution in [-0.2, 0) is 0 Å². The summed E-state index contributed by atoms with van der Waals surface area (Å²) in [5.41, 5.74) is -0.384. The van der Waals surface area contributed by atoms with Crippen molar-refractivity contribution in [2.45, 2.75) is 0 Å². The predicted molar refractivity (Wildman–Crippen MR) is 65.6 cm³/mol. The van der Waals surface area contributed by atoms with Gasteiger partial charge in [0, 0.05) is 26.2 Å².